The lowest BCUT2D eigenvalue weighted by atomic mass is 9.87. The van der Waals surface area contributed by atoms with E-state index in [1.54, 1.807) is 7.11 Å². The number of nitrogens with zero attached hydrogens (tertiary/aromatic N) is 3. The Morgan fingerprint density at radius 2 is 1.52 bits per heavy atom. The summed E-state index contributed by atoms with van der Waals surface area (Å²) in [5.74, 6) is 1.38. The van der Waals surface area contributed by atoms with Gasteiger partial charge in [0.2, 0.25) is 11.7 Å². The highest BCUT2D eigenvalue weighted by Gasteiger charge is 2.18. The molecule has 0 fully saturated rings. The molecular weight excluding hydrogens is 362 g/mol. The molecule has 0 atom stereocenters. The van der Waals surface area contributed by atoms with Crippen molar-refractivity contribution in [2.24, 2.45) is 0 Å². The molecule has 2 heterocycles. The summed E-state index contributed by atoms with van der Waals surface area (Å²) in [5.41, 5.74) is 4.76. The van der Waals surface area contributed by atoms with Gasteiger partial charge in [0.1, 0.15) is 0 Å². The van der Waals surface area contributed by atoms with Crippen LogP contribution in [-0.2, 0) is 5.41 Å². The lowest BCUT2D eigenvalue weighted by Crippen LogP contribution is -2.10. The van der Waals surface area contributed by atoms with Gasteiger partial charge in [-0.3, -0.25) is 0 Å². The first-order chi connectivity index (χ1) is 14.0. The molecule has 0 bridgehead atoms. The van der Waals surface area contributed by atoms with E-state index >= 15 is 0 Å². The molecule has 4 aromatic rings. The van der Waals surface area contributed by atoms with E-state index in [-0.39, 0.29) is 5.41 Å². The van der Waals surface area contributed by atoms with Gasteiger partial charge in [0.05, 0.1) is 18.4 Å². The topological polar surface area (TPSA) is 61.0 Å². The third-order valence-electron chi connectivity index (χ3n) is 4.79. The van der Waals surface area contributed by atoms with Crippen LogP contribution in [0.2, 0.25) is 0 Å². The molecule has 0 saturated heterocycles. The smallest absolute Gasteiger partial charge is 0.258 e. The number of hydrogen-bond donors (Lipinski definition) is 0. The second-order valence-corrected chi connectivity index (χ2v) is 7.87. The molecule has 0 saturated carbocycles. The zero-order chi connectivity index (χ0) is 20.4. The van der Waals surface area contributed by atoms with E-state index in [0.29, 0.717) is 23.2 Å². The first kappa shape index (κ1) is 18.9. The lowest BCUT2D eigenvalue weighted by Gasteiger charge is -2.18. The molecule has 2 aromatic carbocycles. The molecule has 146 valence electrons. The summed E-state index contributed by atoms with van der Waals surface area (Å²) >= 11 is 0. The Balaban J connectivity index is 1.66. The standard InChI is InChI=1S/C24H23N3O2/c1-24(2,3)18-12-10-17(11-13-18)22-26-21(27-29-22)19-14-15-20(25-23(19)28-4)16-8-6-5-7-9-16/h5-15H,1-4H3. The number of rotatable bonds is 4. The molecular formula is C24H23N3O2. The van der Waals surface area contributed by atoms with Gasteiger partial charge >= 0.3 is 0 Å². The van der Waals surface area contributed by atoms with Crippen LogP contribution in [0.4, 0.5) is 0 Å². The largest absolute Gasteiger partial charge is 0.480 e. The van der Waals surface area contributed by atoms with Gasteiger partial charge in [0.25, 0.3) is 5.89 Å². The van der Waals surface area contributed by atoms with Crippen LogP contribution in [0.25, 0.3) is 34.1 Å². The zero-order valence-corrected chi connectivity index (χ0v) is 17.0. The third kappa shape index (κ3) is 3.90. The highest BCUT2D eigenvalue weighted by molar-refractivity contribution is 5.69. The van der Waals surface area contributed by atoms with Gasteiger partial charge in [0.15, 0.2) is 0 Å². The van der Waals surface area contributed by atoms with Crippen molar-refractivity contribution in [1.29, 1.82) is 0 Å². The second kappa shape index (κ2) is 7.51. The van der Waals surface area contributed by atoms with Crippen molar-refractivity contribution in [2.45, 2.75) is 26.2 Å². The molecule has 0 aliphatic heterocycles. The minimum Gasteiger partial charge on any atom is -0.480 e. The van der Waals surface area contributed by atoms with Crippen LogP contribution in [0.5, 0.6) is 5.88 Å². The van der Waals surface area contributed by atoms with Crippen molar-refractivity contribution in [2.75, 3.05) is 7.11 Å². The molecule has 0 aliphatic carbocycles. The van der Waals surface area contributed by atoms with E-state index in [9.17, 15) is 0 Å². The van der Waals surface area contributed by atoms with Gasteiger partial charge in [-0.05, 0) is 35.2 Å². The summed E-state index contributed by atoms with van der Waals surface area (Å²) < 4.78 is 11.0. The fraction of sp³-hybridized carbons (Fsp3) is 0.208. The second-order valence-electron chi connectivity index (χ2n) is 7.87. The lowest BCUT2D eigenvalue weighted by molar-refractivity contribution is 0.398. The number of benzene rings is 2. The van der Waals surface area contributed by atoms with E-state index in [2.05, 4.69) is 48.0 Å². The van der Waals surface area contributed by atoms with Crippen molar-refractivity contribution in [1.82, 2.24) is 15.1 Å². The fourth-order valence-electron chi connectivity index (χ4n) is 3.10. The quantitative estimate of drug-likeness (QED) is 0.446. The first-order valence-electron chi connectivity index (χ1n) is 9.51. The number of ether oxygens (including phenoxy) is 1. The minimum absolute atomic E-state index is 0.0953. The first-order valence-corrected chi connectivity index (χ1v) is 9.51. The van der Waals surface area contributed by atoms with Gasteiger partial charge in [0, 0.05) is 11.1 Å². The average Bonchev–Trinajstić information content (AvgIpc) is 3.23. The molecule has 0 aliphatic rings. The molecule has 0 unspecified atom stereocenters. The summed E-state index contributed by atoms with van der Waals surface area (Å²) in [4.78, 5) is 9.17. The summed E-state index contributed by atoms with van der Waals surface area (Å²) in [7, 11) is 1.59. The van der Waals surface area contributed by atoms with Crippen LogP contribution in [-0.4, -0.2) is 22.2 Å². The zero-order valence-electron chi connectivity index (χ0n) is 17.0. The fourth-order valence-corrected chi connectivity index (χ4v) is 3.10. The van der Waals surface area contributed by atoms with Gasteiger partial charge in [-0.15, -0.1) is 0 Å². The van der Waals surface area contributed by atoms with Crippen LogP contribution in [0.15, 0.2) is 71.3 Å². The van der Waals surface area contributed by atoms with Crippen LogP contribution in [0, 0.1) is 0 Å². The summed E-state index contributed by atoms with van der Waals surface area (Å²) in [6.07, 6.45) is 0. The molecule has 0 spiro atoms. The van der Waals surface area contributed by atoms with Crippen molar-refractivity contribution < 1.29 is 9.26 Å². The van der Waals surface area contributed by atoms with Crippen molar-refractivity contribution in [3.63, 3.8) is 0 Å². The molecule has 2 aromatic heterocycles. The Kier molecular flexibility index (Phi) is 4.89. The highest BCUT2D eigenvalue weighted by Crippen LogP contribution is 2.31. The molecule has 29 heavy (non-hydrogen) atoms. The maximum atomic E-state index is 5.50. The van der Waals surface area contributed by atoms with Gasteiger partial charge in [-0.2, -0.15) is 4.98 Å². The van der Waals surface area contributed by atoms with E-state index in [0.717, 1.165) is 16.8 Å². The summed E-state index contributed by atoms with van der Waals surface area (Å²) in [5, 5.41) is 4.14. The maximum Gasteiger partial charge on any atom is 0.258 e. The molecule has 0 amide bonds. The molecule has 5 nitrogen and oxygen atoms in total. The molecule has 4 rings (SSSR count). The van der Waals surface area contributed by atoms with E-state index in [4.69, 9.17) is 9.26 Å². The summed E-state index contributed by atoms with van der Waals surface area (Å²) in [6.45, 7) is 6.56. The summed E-state index contributed by atoms with van der Waals surface area (Å²) in [6, 6.07) is 22.0. The number of aromatic nitrogens is 3. The van der Waals surface area contributed by atoms with Crippen molar-refractivity contribution >= 4 is 0 Å². The number of pyridine rings is 1. The average molecular weight is 385 g/mol. The monoisotopic (exact) mass is 385 g/mol. The Labute approximate surface area is 170 Å². The van der Waals surface area contributed by atoms with Crippen LogP contribution in [0.1, 0.15) is 26.3 Å². The predicted molar refractivity (Wildman–Crippen MR) is 114 cm³/mol. The van der Waals surface area contributed by atoms with E-state index in [1.807, 2.05) is 54.6 Å². The van der Waals surface area contributed by atoms with Gasteiger partial charge in [-0.1, -0.05) is 68.4 Å². The molecule has 0 radical (unpaired) electrons. The molecule has 0 N–H and O–H groups in total. The SMILES string of the molecule is COc1nc(-c2ccccc2)ccc1-c1noc(-c2ccc(C(C)(C)C)cc2)n1. The highest BCUT2D eigenvalue weighted by atomic mass is 16.5. The van der Waals surface area contributed by atoms with E-state index in [1.165, 1.54) is 5.56 Å². The van der Waals surface area contributed by atoms with Crippen molar-refractivity contribution in [3.8, 4) is 40.0 Å². The minimum atomic E-state index is 0.0953. The van der Waals surface area contributed by atoms with Crippen LogP contribution < -0.4 is 4.74 Å². The van der Waals surface area contributed by atoms with Gasteiger partial charge < -0.3 is 9.26 Å². The maximum absolute atomic E-state index is 5.50. The normalized spacial score (nSPS) is 11.4. The number of hydrogen-bond acceptors (Lipinski definition) is 5. The Bertz CT molecular complexity index is 1110. The van der Waals surface area contributed by atoms with Crippen LogP contribution in [0.3, 0.4) is 0 Å². The van der Waals surface area contributed by atoms with E-state index < -0.39 is 0 Å². The van der Waals surface area contributed by atoms with Gasteiger partial charge in [-0.25, -0.2) is 4.98 Å². The number of methoxy groups -OCH3 is 1. The Morgan fingerprint density at radius 1 is 0.793 bits per heavy atom. The predicted octanol–water partition coefficient (Wildman–Crippen LogP) is 5.77. The Morgan fingerprint density at radius 3 is 2.17 bits per heavy atom. The third-order valence-corrected chi connectivity index (χ3v) is 4.79. The van der Waals surface area contributed by atoms with Crippen LogP contribution >= 0.6 is 0 Å². The molecule has 5 heteroatoms. The van der Waals surface area contributed by atoms with Crippen molar-refractivity contribution in [3.05, 3.63) is 72.3 Å². The Hall–Kier alpha value is -3.47.